The molecule has 2 aromatic carbocycles. The Morgan fingerprint density at radius 3 is 2.55 bits per heavy atom. The van der Waals surface area contributed by atoms with E-state index in [1.807, 2.05) is 24.3 Å². The third-order valence-corrected chi connectivity index (χ3v) is 4.10. The van der Waals surface area contributed by atoms with E-state index >= 15 is 0 Å². The van der Waals surface area contributed by atoms with Crippen LogP contribution in [0.15, 0.2) is 48.5 Å². The predicted octanol–water partition coefficient (Wildman–Crippen LogP) is 2.77. The van der Waals surface area contributed by atoms with Gasteiger partial charge >= 0.3 is 0 Å². The van der Waals surface area contributed by atoms with Gasteiger partial charge in [0.05, 0.1) is 10.6 Å². The molecule has 0 saturated heterocycles. The van der Waals surface area contributed by atoms with Crippen LogP contribution >= 0.6 is 34.2 Å². The highest BCUT2D eigenvalue weighted by atomic mass is 127. The third kappa shape index (κ3) is 4.45. The summed E-state index contributed by atoms with van der Waals surface area (Å²) >= 11 is 8.17. The van der Waals surface area contributed by atoms with Crippen LogP contribution in [0.5, 0.6) is 0 Å². The maximum absolute atomic E-state index is 12.2. The molecule has 0 aliphatic carbocycles. The van der Waals surface area contributed by atoms with Crippen LogP contribution in [-0.4, -0.2) is 17.9 Å². The van der Waals surface area contributed by atoms with Gasteiger partial charge in [0.25, 0.3) is 5.91 Å². The van der Waals surface area contributed by atoms with Crippen molar-refractivity contribution in [2.45, 2.75) is 12.5 Å². The Balaban J connectivity index is 2.14. The van der Waals surface area contributed by atoms with Crippen molar-refractivity contribution in [3.63, 3.8) is 0 Å². The Bertz CT molecular complexity index is 706. The number of hydrogen-bond acceptors (Lipinski definition) is 2. The first-order chi connectivity index (χ1) is 10.5. The number of halogens is 2. The van der Waals surface area contributed by atoms with Crippen molar-refractivity contribution in [3.05, 3.63) is 68.3 Å². The molecule has 0 heterocycles. The van der Waals surface area contributed by atoms with Crippen molar-refractivity contribution in [2.75, 3.05) is 0 Å². The number of primary amides is 1. The van der Waals surface area contributed by atoms with Crippen LogP contribution in [0, 0.1) is 3.57 Å². The van der Waals surface area contributed by atoms with Crippen molar-refractivity contribution in [1.29, 1.82) is 0 Å². The molecule has 2 amide bonds. The maximum Gasteiger partial charge on any atom is 0.253 e. The summed E-state index contributed by atoms with van der Waals surface area (Å²) in [5.74, 6) is -1.00. The number of carbonyl (C=O) groups excluding carboxylic acids is 2. The summed E-state index contributed by atoms with van der Waals surface area (Å²) in [7, 11) is 0. The Morgan fingerprint density at radius 1 is 1.18 bits per heavy atom. The molecule has 0 aromatic heterocycles. The van der Waals surface area contributed by atoms with Crippen LogP contribution in [-0.2, 0) is 11.2 Å². The molecule has 0 fully saturated rings. The lowest BCUT2D eigenvalue weighted by Crippen LogP contribution is -2.45. The number of hydrogen-bond donors (Lipinski definition) is 2. The second-order valence-electron chi connectivity index (χ2n) is 4.74. The zero-order valence-electron chi connectivity index (χ0n) is 11.6. The van der Waals surface area contributed by atoms with Crippen molar-refractivity contribution < 1.29 is 9.59 Å². The summed E-state index contributed by atoms with van der Waals surface area (Å²) in [5.41, 5.74) is 6.64. The number of rotatable bonds is 5. The van der Waals surface area contributed by atoms with Gasteiger partial charge in [-0.3, -0.25) is 9.59 Å². The smallest absolute Gasteiger partial charge is 0.253 e. The van der Waals surface area contributed by atoms with Gasteiger partial charge in [0.1, 0.15) is 6.04 Å². The molecule has 0 bridgehead atoms. The second kappa shape index (κ2) is 7.60. The molecule has 0 saturated carbocycles. The van der Waals surface area contributed by atoms with E-state index in [1.165, 1.54) is 0 Å². The van der Waals surface area contributed by atoms with Crippen LogP contribution in [0.2, 0.25) is 5.02 Å². The minimum absolute atomic E-state index is 0.318. The van der Waals surface area contributed by atoms with Gasteiger partial charge in [0.15, 0.2) is 0 Å². The fourth-order valence-corrected chi connectivity index (χ4v) is 2.83. The summed E-state index contributed by atoms with van der Waals surface area (Å²) in [6, 6.07) is 13.5. The Labute approximate surface area is 147 Å². The maximum atomic E-state index is 12.2. The molecule has 22 heavy (non-hydrogen) atoms. The molecule has 0 radical (unpaired) electrons. The minimum atomic E-state index is -0.790. The number of carbonyl (C=O) groups is 2. The van der Waals surface area contributed by atoms with Crippen molar-refractivity contribution in [2.24, 2.45) is 5.73 Å². The zero-order valence-corrected chi connectivity index (χ0v) is 14.5. The molecular weight excluding hydrogens is 415 g/mol. The first-order valence-electron chi connectivity index (χ1n) is 6.56. The zero-order chi connectivity index (χ0) is 16.1. The molecule has 0 unspecified atom stereocenters. The van der Waals surface area contributed by atoms with E-state index in [0.29, 0.717) is 17.0 Å². The van der Waals surface area contributed by atoms with Crippen molar-refractivity contribution >= 4 is 46.0 Å². The summed E-state index contributed by atoms with van der Waals surface area (Å²) in [6.07, 6.45) is 0.336. The molecule has 0 aliphatic rings. The molecule has 0 spiro atoms. The fourth-order valence-electron chi connectivity index (χ4n) is 2.00. The summed E-state index contributed by atoms with van der Waals surface area (Å²) in [5, 5.41) is 2.97. The van der Waals surface area contributed by atoms with Crippen molar-refractivity contribution in [3.8, 4) is 0 Å². The van der Waals surface area contributed by atoms with E-state index in [0.717, 1.165) is 9.13 Å². The fraction of sp³-hybridized carbons (Fsp3) is 0.125. The van der Waals surface area contributed by atoms with Crippen molar-refractivity contribution in [1.82, 2.24) is 5.32 Å². The van der Waals surface area contributed by atoms with Crippen LogP contribution in [0.1, 0.15) is 15.9 Å². The van der Waals surface area contributed by atoms with E-state index in [1.54, 1.807) is 24.3 Å². The first-order valence-corrected chi connectivity index (χ1v) is 8.02. The van der Waals surface area contributed by atoms with Crippen LogP contribution in [0.4, 0.5) is 0 Å². The molecule has 114 valence electrons. The number of amides is 2. The van der Waals surface area contributed by atoms with Gasteiger partial charge in [0.2, 0.25) is 5.91 Å². The van der Waals surface area contributed by atoms with Crippen LogP contribution in [0.3, 0.4) is 0 Å². The van der Waals surface area contributed by atoms with Gasteiger partial charge in [-0.25, -0.2) is 0 Å². The van der Waals surface area contributed by atoms with Gasteiger partial charge < -0.3 is 11.1 Å². The molecule has 3 N–H and O–H groups in total. The van der Waals surface area contributed by atoms with Gasteiger partial charge in [-0.1, -0.05) is 35.9 Å². The van der Waals surface area contributed by atoms with E-state index < -0.39 is 17.9 Å². The standard InChI is InChI=1S/C16H14ClIN2O2/c17-13-7-2-1-6-12(13)16(22)20-14(15(19)21)9-10-4-3-5-11(18)8-10/h1-8,14H,9H2,(H2,19,21)(H,20,22)/t14-/m0/s1. The van der Waals surface area contributed by atoms with E-state index in [2.05, 4.69) is 27.9 Å². The van der Waals surface area contributed by atoms with Gasteiger partial charge in [0, 0.05) is 9.99 Å². The quantitative estimate of drug-likeness (QED) is 0.719. The number of benzene rings is 2. The summed E-state index contributed by atoms with van der Waals surface area (Å²) in [6.45, 7) is 0. The molecule has 0 aliphatic heterocycles. The van der Waals surface area contributed by atoms with E-state index in [9.17, 15) is 9.59 Å². The Morgan fingerprint density at radius 2 is 1.91 bits per heavy atom. The average Bonchev–Trinajstić information content (AvgIpc) is 2.46. The molecule has 2 aromatic rings. The largest absolute Gasteiger partial charge is 0.368 e. The number of nitrogens with one attached hydrogen (secondary N) is 1. The first kappa shape index (κ1) is 16.8. The highest BCUT2D eigenvalue weighted by Crippen LogP contribution is 2.15. The normalized spacial score (nSPS) is 11.7. The third-order valence-electron chi connectivity index (χ3n) is 3.10. The summed E-state index contributed by atoms with van der Waals surface area (Å²) < 4.78 is 1.05. The SMILES string of the molecule is NC(=O)[C@H](Cc1cccc(I)c1)NC(=O)c1ccccc1Cl. The molecule has 4 nitrogen and oxygen atoms in total. The molecule has 2 rings (SSSR count). The average molecular weight is 429 g/mol. The van der Waals surface area contributed by atoms with Gasteiger partial charge in [-0.05, 0) is 52.4 Å². The minimum Gasteiger partial charge on any atom is -0.368 e. The summed E-state index contributed by atoms with van der Waals surface area (Å²) in [4.78, 5) is 23.8. The topological polar surface area (TPSA) is 72.2 Å². The Kier molecular flexibility index (Phi) is 5.79. The Hall–Kier alpha value is -1.60. The lowest BCUT2D eigenvalue weighted by Gasteiger charge is -2.16. The highest BCUT2D eigenvalue weighted by Gasteiger charge is 2.20. The highest BCUT2D eigenvalue weighted by molar-refractivity contribution is 14.1. The monoisotopic (exact) mass is 428 g/mol. The molecular formula is C16H14ClIN2O2. The van der Waals surface area contributed by atoms with Crippen LogP contribution < -0.4 is 11.1 Å². The van der Waals surface area contributed by atoms with E-state index in [4.69, 9.17) is 17.3 Å². The number of nitrogens with two attached hydrogens (primary N) is 1. The lowest BCUT2D eigenvalue weighted by molar-refractivity contribution is -0.119. The molecule has 6 heteroatoms. The second-order valence-corrected chi connectivity index (χ2v) is 6.40. The molecule has 1 atom stereocenters. The van der Waals surface area contributed by atoms with E-state index in [-0.39, 0.29) is 0 Å². The van der Waals surface area contributed by atoms with Gasteiger partial charge in [-0.2, -0.15) is 0 Å². The van der Waals surface area contributed by atoms with Crippen LogP contribution in [0.25, 0.3) is 0 Å². The predicted molar refractivity (Wildman–Crippen MR) is 94.8 cm³/mol. The lowest BCUT2D eigenvalue weighted by atomic mass is 10.0. The van der Waals surface area contributed by atoms with Gasteiger partial charge in [-0.15, -0.1) is 0 Å².